The monoisotopic (exact) mass is 561 g/mol. The molecular weight excluding hydrogens is 533 g/mol. The van der Waals surface area contributed by atoms with E-state index in [0.29, 0.717) is 51.1 Å². The number of amides is 1. The normalized spacial score (nSPS) is 11.3. The predicted molar refractivity (Wildman–Crippen MR) is 162 cm³/mol. The number of aliphatic carboxylic acids is 1. The second kappa shape index (κ2) is 12.1. The summed E-state index contributed by atoms with van der Waals surface area (Å²) >= 11 is 0. The first-order valence-corrected chi connectivity index (χ1v) is 13.4. The van der Waals surface area contributed by atoms with Gasteiger partial charge in [-0.2, -0.15) is 0 Å². The molecule has 0 spiro atoms. The lowest BCUT2D eigenvalue weighted by Crippen LogP contribution is -2.27. The van der Waals surface area contributed by atoms with Crippen LogP contribution in [0.2, 0.25) is 0 Å². The molecule has 5 aromatic rings. The first-order chi connectivity index (χ1) is 20.2. The molecule has 4 aromatic carbocycles. The summed E-state index contributed by atoms with van der Waals surface area (Å²) < 4.78 is 19.5. The van der Waals surface area contributed by atoms with Crippen LogP contribution < -0.4 is 5.32 Å². The Morgan fingerprint density at radius 3 is 2.33 bits per heavy atom. The average Bonchev–Trinajstić information content (AvgIpc) is 3.37. The summed E-state index contributed by atoms with van der Waals surface area (Å²) in [7, 11) is 0. The van der Waals surface area contributed by atoms with Crippen molar-refractivity contribution >= 4 is 35.2 Å². The van der Waals surface area contributed by atoms with Crippen LogP contribution in [0.4, 0.5) is 4.39 Å². The van der Waals surface area contributed by atoms with Crippen LogP contribution in [0.15, 0.2) is 95.4 Å². The molecule has 0 saturated heterocycles. The Morgan fingerprint density at radius 2 is 1.62 bits per heavy atom. The topological polar surface area (TPSA) is 96.6 Å². The van der Waals surface area contributed by atoms with E-state index in [1.54, 1.807) is 24.3 Å². The predicted octanol–water partition coefficient (Wildman–Crippen LogP) is 7.87. The van der Waals surface area contributed by atoms with E-state index >= 15 is 0 Å². The van der Waals surface area contributed by atoms with E-state index in [9.17, 15) is 18.8 Å². The highest BCUT2D eigenvalue weighted by atomic mass is 19.1. The molecule has 0 aliphatic heterocycles. The smallest absolute Gasteiger partial charge is 0.328 e. The van der Waals surface area contributed by atoms with Gasteiger partial charge in [0.2, 0.25) is 0 Å². The Balaban J connectivity index is 1.60. The van der Waals surface area contributed by atoms with E-state index in [0.717, 1.165) is 29.1 Å². The van der Waals surface area contributed by atoms with Crippen LogP contribution in [0.1, 0.15) is 40.1 Å². The molecule has 6 nitrogen and oxygen atoms in total. The molecule has 0 radical (unpaired) electrons. The van der Waals surface area contributed by atoms with Crippen LogP contribution in [0.5, 0.6) is 0 Å². The maximum absolute atomic E-state index is 13.5. The van der Waals surface area contributed by atoms with Crippen LogP contribution in [-0.2, 0) is 4.79 Å². The number of benzene rings is 4. The highest BCUT2D eigenvalue weighted by Crippen LogP contribution is 2.36. The Hall–Kier alpha value is -5.30. The van der Waals surface area contributed by atoms with Crippen molar-refractivity contribution < 1.29 is 28.3 Å². The van der Waals surface area contributed by atoms with Gasteiger partial charge >= 0.3 is 5.97 Å². The van der Waals surface area contributed by atoms with Crippen molar-refractivity contribution in [2.45, 2.75) is 13.8 Å². The minimum Gasteiger partial charge on any atom is -0.478 e. The maximum atomic E-state index is 13.5. The van der Waals surface area contributed by atoms with Gasteiger partial charge in [0.25, 0.3) is 5.91 Å². The number of aldehydes is 1. The Kier molecular flexibility index (Phi) is 8.11. The molecule has 42 heavy (non-hydrogen) atoms. The molecule has 2 N–H and O–H groups in total. The van der Waals surface area contributed by atoms with Gasteiger partial charge in [0, 0.05) is 29.1 Å². The summed E-state index contributed by atoms with van der Waals surface area (Å²) in [6.07, 6.45) is 3.30. The second-order valence-electron chi connectivity index (χ2n) is 10.3. The van der Waals surface area contributed by atoms with Crippen molar-refractivity contribution in [1.82, 2.24) is 5.32 Å². The number of halogens is 1. The molecule has 0 saturated carbocycles. The van der Waals surface area contributed by atoms with Crippen LogP contribution in [0, 0.1) is 11.7 Å². The fourth-order valence-corrected chi connectivity index (χ4v) is 4.76. The number of hydrogen-bond acceptors (Lipinski definition) is 4. The molecule has 0 aliphatic rings. The molecule has 210 valence electrons. The molecule has 0 fully saturated rings. The summed E-state index contributed by atoms with van der Waals surface area (Å²) in [5.74, 6) is -1.05. The molecule has 0 bridgehead atoms. The van der Waals surface area contributed by atoms with Gasteiger partial charge < -0.3 is 14.8 Å². The van der Waals surface area contributed by atoms with E-state index in [-0.39, 0.29) is 17.6 Å². The lowest BCUT2D eigenvalue weighted by Gasteiger charge is -2.14. The molecule has 0 atom stereocenters. The molecule has 1 aromatic heterocycles. The quantitative estimate of drug-likeness (QED) is 0.141. The molecule has 7 heteroatoms. The van der Waals surface area contributed by atoms with E-state index < -0.39 is 5.97 Å². The van der Waals surface area contributed by atoms with Gasteiger partial charge in [0.1, 0.15) is 17.2 Å². The highest BCUT2D eigenvalue weighted by molar-refractivity contribution is 6.05. The van der Waals surface area contributed by atoms with Crippen LogP contribution in [0.3, 0.4) is 0 Å². The van der Waals surface area contributed by atoms with Crippen molar-refractivity contribution in [1.29, 1.82) is 0 Å². The fraction of sp³-hybridized carbons (Fsp3) is 0.114. The summed E-state index contributed by atoms with van der Waals surface area (Å²) in [6, 6.07) is 24.1. The van der Waals surface area contributed by atoms with Gasteiger partial charge in [-0.3, -0.25) is 9.59 Å². The zero-order chi connectivity index (χ0) is 29.8. The standard InChI is InChI=1S/C35H28FNO5/c1-21(2)19-37-35(41)30-18-24(9-13-28(30)26-5-3-4-22(16-26)6-15-33(39)40)25-10-14-32-29(17-25)31(20-38)34(42-32)23-7-11-27(36)12-8-23/h3-18,20-21H,19H2,1-2H3,(H,37,41)(H,39,40)/b15-6+. The minimum atomic E-state index is -1.05. The third-order valence-electron chi connectivity index (χ3n) is 6.84. The Bertz CT molecular complexity index is 1830. The van der Waals surface area contributed by atoms with Crippen molar-refractivity contribution in [2.75, 3.05) is 6.54 Å². The van der Waals surface area contributed by atoms with Gasteiger partial charge in [-0.25, -0.2) is 9.18 Å². The lowest BCUT2D eigenvalue weighted by molar-refractivity contribution is -0.131. The number of fused-ring (bicyclic) bond motifs is 1. The largest absolute Gasteiger partial charge is 0.478 e. The number of nitrogens with one attached hydrogen (secondary N) is 1. The number of furan rings is 1. The van der Waals surface area contributed by atoms with Crippen molar-refractivity contribution in [2.24, 2.45) is 5.92 Å². The van der Waals surface area contributed by atoms with Gasteiger partial charge in [0.15, 0.2) is 6.29 Å². The summed E-state index contributed by atoms with van der Waals surface area (Å²) in [5, 5.41) is 12.6. The zero-order valence-corrected chi connectivity index (χ0v) is 23.1. The van der Waals surface area contributed by atoms with Crippen LogP contribution in [-0.4, -0.2) is 29.8 Å². The second-order valence-corrected chi connectivity index (χ2v) is 10.3. The van der Waals surface area contributed by atoms with E-state index in [1.165, 1.54) is 18.2 Å². The van der Waals surface area contributed by atoms with Crippen molar-refractivity contribution in [3.63, 3.8) is 0 Å². The summed E-state index contributed by atoms with van der Waals surface area (Å²) in [6.45, 7) is 4.53. The highest BCUT2D eigenvalue weighted by Gasteiger charge is 2.19. The number of carbonyl (C=O) groups excluding carboxylic acids is 2. The Morgan fingerprint density at radius 1 is 0.905 bits per heavy atom. The summed E-state index contributed by atoms with van der Waals surface area (Å²) in [4.78, 5) is 36.6. The minimum absolute atomic E-state index is 0.233. The first-order valence-electron chi connectivity index (χ1n) is 13.4. The van der Waals surface area contributed by atoms with Crippen LogP contribution >= 0.6 is 0 Å². The molecule has 0 aliphatic carbocycles. The SMILES string of the molecule is CC(C)CNC(=O)c1cc(-c2ccc3oc(-c4ccc(F)cc4)c(C=O)c3c2)ccc1-c1cccc(/C=C/C(=O)O)c1. The number of carboxylic acids is 1. The van der Waals surface area contributed by atoms with E-state index in [2.05, 4.69) is 5.32 Å². The third-order valence-corrected chi connectivity index (χ3v) is 6.84. The third kappa shape index (κ3) is 6.05. The molecule has 5 rings (SSSR count). The number of carboxylic acid groups (broad SMARTS) is 1. The van der Waals surface area contributed by atoms with Crippen molar-refractivity contribution in [3.05, 3.63) is 114 Å². The van der Waals surface area contributed by atoms with Gasteiger partial charge in [-0.1, -0.05) is 50.2 Å². The molecule has 1 heterocycles. The maximum Gasteiger partial charge on any atom is 0.328 e. The Labute approximate surface area is 242 Å². The van der Waals surface area contributed by atoms with E-state index in [4.69, 9.17) is 9.52 Å². The van der Waals surface area contributed by atoms with Gasteiger partial charge in [0.05, 0.1) is 5.56 Å². The fourth-order valence-electron chi connectivity index (χ4n) is 4.76. The van der Waals surface area contributed by atoms with Crippen LogP contribution in [0.25, 0.3) is 50.6 Å². The molecular formula is C35H28FNO5. The molecule has 1 amide bonds. The van der Waals surface area contributed by atoms with Gasteiger partial charge in [-0.05, 0) is 88.3 Å². The van der Waals surface area contributed by atoms with Crippen molar-refractivity contribution in [3.8, 4) is 33.6 Å². The average molecular weight is 562 g/mol. The zero-order valence-electron chi connectivity index (χ0n) is 23.1. The number of rotatable bonds is 9. The van der Waals surface area contributed by atoms with E-state index in [1.807, 2.05) is 62.4 Å². The molecule has 0 unspecified atom stereocenters. The number of hydrogen-bond donors (Lipinski definition) is 2. The van der Waals surface area contributed by atoms with Gasteiger partial charge in [-0.15, -0.1) is 0 Å². The summed E-state index contributed by atoms with van der Waals surface area (Å²) in [5.41, 5.74) is 5.61. The lowest BCUT2D eigenvalue weighted by atomic mass is 9.93. The number of carbonyl (C=O) groups is 3. The first kappa shape index (κ1) is 28.2.